The van der Waals surface area contributed by atoms with Crippen molar-refractivity contribution in [3.8, 4) is 17.3 Å². The van der Waals surface area contributed by atoms with Crippen LogP contribution in [-0.2, 0) is 6.54 Å². The van der Waals surface area contributed by atoms with Gasteiger partial charge in [-0.3, -0.25) is 15.0 Å². The molecule has 3 N–H and O–H groups in total. The Morgan fingerprint density at radius 3 is 2.81 bits per heavy atom. The van der Waals surface area contributed by atoms with Crippen LogP contribution in [0.1, 0.15) is 30.3 Å². The Morgan fingerprint density at radius 1 is 1.23 bits per heavy atom. The summed E-state index contributed by atoms with van der Waals surface area (Å²) in [6.07, 6.45) is 4.05. The molecule has 0 amide bonds. The van der Waals surface area contributed by atoms with Crippen LogP contribution in [0.2, 0.25) is 0 Å². The third-order valence-corrected chi connectivity index (χ3v) is 5.46. The number of likely N-dealkylation sites (tertiary alicyclic amines) is 1. The zero-order chi connectivity index (χ0) is 21.5. The number of guanidine groups is 1. The number of para-hydroxylation sites is 1. The van der Waals surface area contributed by atoms with Crippen LogP contribution in [0.3, 0.4) is 0 Å². The van der Waals surface area contributed by atoms with Crippen molar-refractivity contribution >= 4 is 5.96 Å². The lowest BCUT2D eigenvalue weighted by molar-refractivity contribution is 0.239. The van der Waals surface area contributed by atoms with Crippen LogP contribution in [0.15, 0.2) is 52.1 Å². The number of nitrogens with zero attached hydrogens (tertiary/aromatic N) is 4. The van der Waals surface area contributed by atoms with E-state index in [4.69, 9.17) is 9.15 Å². The first-order valence-electron chi connectivity index (χ1n) is 10.5. The third-order valence-electron chi connectivity index (χ3n) is 5.46. The fourth-order valence-electron chi connectivity index (χ4n) is 3.90. The molecule has 3 heterocycles. The summed E-state index contributed by atoms with van der Waals surface area (Å²) in [6, 6.07) is 12.1. The summed E-state index contributed by atoms with van der Waals surface area (Å²) >= 11 is 0. The van der Waals surface area contributed by atoms with Crippen LogP contribution in [0.5, 0.6) is 5.75 Å². The Labute approximate surface area is 181 Å². The number of aromatic nitrogens is 3. The number of hydrogen-bond acceptors (Lipinski definition) is 6. The van der Waals surface area contributed by atoms with Gasteiger partial charge in [0.15, 0.2) is 11.7 Å². The molecule has 1 aliphatic rings. The van der Waals surface area contributed by atoms with Gasteiger partial charge in [0.2, 0.25) is 5.82 Å². The minimum absolute atomic E-state index is 0.202. The second-order valence-electron chi connectivity index (χ2n) is 7.39. The third kappa shape index (κ3) is 5.05. The summed E-state index contributed by atoms with van der Waals surface area (Å²) in [6.45, 7) is 3.36. The molecule has 0 radical (unpaired) electrons. The summed E-state index contributed by atoms with van der Waals surface area (Å²) in [4.78, 5) is 11.3. The lowest BCUT2D eigenvalue weighted by Crippen LogP contribution is -2.42. The van der Waals surface area contributed by atoms with Crippen molar-refractivity contribution < 1.29 is 9.15 Å². The molecule has 0 bridgehead atoms. The molecule has 1 atom stereocenters. The van der Waals surface area contributed by atoms with E-state index in [1.807, 2.05) is 24.3 Å². The van der Waals surface area contributed by atoms with Gasteiger partial charge in [0.25, 0.3) is 0 Å². The number of H-pyrrole nitrogens is 1. The van der Waals surface area contributed by atoms with E-state index in [-0.39, 0.29) is 6.04 Å². The van der Waals surface area contributed by atoms with Gasteiger partial charge in [-0.1, -0.05) is 18.2 Å². The first-order valence-corrected chi connectivity index (χ1v) is 10.5. The second-order valence-corrected chi connectivity index (χ2v) is 7.39. The molecule has 4 rings (SSSR count). The predicted octanol–water partition coefficient (Wildman–Crippen LogP) is 2.58. The van der Waals surface area contributed by atoms with Crippen molar-refractivity contribution in [1.82, 2.24) is 30.7 Å². The average Bonchev–Trinajstić information content (AvgIpc) is 3.58. The number of methoxy groups -OCH3 is 1. The smallest absolute Gasteiger partial charge is 0.216 e. The summed E-state index contributed by atoms with van der Waals surface area (Å²) in [5, 5.41) is 13.9. The van der Waals surface area contributed by atoms with Gasteiger partial charge in [-0.05, 0) is 44.1 Å². The number of furan rings is 1. The van der Waals surface area contributed by atoms with Crippen LogP contribution < -0.4 is 15.4 Å². The number of aliphatic imine (C=N–C) groups is 1. The Balaban J connectivity index is 1.39. The van der Waals surface area contributed by atoms with E-state index in [9.17, 15) is 0 Å². The van der Waals surface area contributed by atoms with Crippen molar-refractivity contribution in [3.63, 3.8) is 0 Å². The van der Waals surface area contributed by atoms with Gasteiger partial charge in [-0.25, -0.2) is 4.98 Å². The molecule has 31 heavy (non-hydrogen) atoms. The molecule has 2 aromatic heterocycles. The van der Waals surface area contributed by atoms with Gasteiger partial charge < -0.3 is 19.8 Å². The monoisotopic (exact) mass is 423 g/mol. The van der Waals surface area contributed by atoms with Crippen molar-refractivity contribution in [2.24, 2.45) is 4.99 Å². The molecule has 1 fully saturated rings. The molecule has 9 heteroatoms. The van der Waals surface area contributed by atoms with E-state index in [0.717, 1.165) is 18.8 Å². The predicted molar refractivity (Wildman–Crippen MR) is 119 cm³/mol. The Morgan fingerprint density at radius 2 is 2.06 bits per heavy atom. The number of aromatic amines is 1. The fraction of sp³-hybridized carbons (Fsp3) is 0.409. The van der Waals surface area contributed by atoms with E-state index in [1.165, 1.54) is 18.4 Å². The maximum Gasteiger partial charge on any atom is 0.216 e. The van der Waals surface area contributed by atoms with Crippen LogP contribution in [0, 0.1) is 0 Å². The highest BCUT2D eigenvalue weighted by molar-refractivity contribution is 5.79. The molecular formula is C22H29N7O2. The first kappa shape index (κ1) is 20.9. The number of rotatable bonds is 8. The highest BCUT2D eigenvalue weighted by atomic mass is 16.5. The molecule has 0 saturated carbocycles. The summed E-state index contributed by atoms with van der Waals surface area (Å²) in [5.41, 5.74) is 1.19. The van der Waals surface area contributed by atoms with E-state index in [1.54, 1.807) is 20.4 Å². The minimum atomic E-state index is 0.202. The molecule has 164 valence electrons. The van der Waals surface area contributed by atoms with Gasteiger partial charge in [0.1, 0.15) is 11.6 Å². The highest BCUT2D eigenvalue weighted by Gasteiger charge is 2.26. The first-order chi connectivity index (χ1) is 15.3. The van der Waals surface area contributed by atoms with Gasteiger partial charge in [0.05, 0.1) is 26.0 Å². The molecule has 1 aliphatic heterocycles. The molecular weight excluding hydrogens is 394 g/mol. The van der Waals surface area contributed by atoms with Crippen LogP contribution >= 0.6 is 0 Å². The van der Waals surface area contributed by atoms with Crippen molar-refractivity contribution in [2.75, 3.05) is 33.8 Å². The highest BCUT2D eigenvalue weighted by Crippen LogP contribution is 2.31. The maximum absolute atomic E-state index is 5.63. The molecule has 1 saturated heterocycles. The molecule has 1 unspecified atom stereocenters. The van der Waals surface area contributed by atoms with Gasteiger partial charge in [-0.2, -0.15) is 0 Å². The number of benzene rings is 1. The minimum Gasteiger partial charge on any atom is -0.496 e. The largest absolute Gasteiger partial charge is 0.496 e. The van der Waals surface area contributed by atoms with Crippen molar-refractivity contribution in [1.29, 1.82) is 0 Å². The summed E-state index contributed by atoms with van der Waals surface area (Å²) < 4.78 is 11.0. The van der Waals surface area contributed by atoms with E-state index in [2.05, 4.69) is 47.8 Å². The fourth-order valence-corrected chi connectivity index (χ4v) is 3.90. The second kappa shape index (κ2) is 10.1. The quantitative estimate of drug-likeness (QED) is 0.378. The molecule has 1 aromatic carbocycles. The SMILES string of the molecule is CN=C(NCc1nc(-c2ccco2)n[nH]1)NCC(c1ccccc1OC)N1CCCC1. The van der Waals surface area contributed by atoms with Crippen LogP contribution in [0.25, 0.3) is 11.6 Å². The Kier molecular flexibility index (Phi) is 6.83. The lowest BCUT2D eigenvalue weighted by atomic mass is 10.0. The zero-order valence-corrected chi connectivity index (χ0v) is 18.0. The lowest BCUT2D eigenvalue weighted by Gasteiger charge is -2.30. The van der Waals surface area contributed by atoms with E-state index < -0.39 is 0 Å². The maximum atomic E-state index is 5.63. The molecule has 3 aromatic rings. The average molecular weight is 424 g/mol. The molecule has 0 aliphatic carbocycles. The summed E-state index contributed by atoms with van der Waals surface area (Å²) in [7, 11) is 3.49. The number of hydrogen-bond donors (Lipinski definition) is 3. The van der Waals surface area contributed by atoms with Gasteiger partial charge >= 0.3 is 0 Å². The Bertz CT molecular complexity index is 977. The zero-order valence-electron chi connectivity index (χ0n) is 18.0. The van der Waals surface area contributed by atoms with E-state index >= 15 is 0 Å². The van der Waals surface area contributed by atoms with Crippen molar-refractivity contribution in [2.45, 2.75) is 25.4 Å². The van der Waals surface area contributed by atoms with Gasteiger partial charge in [-0.15, -0.1) is 5.10 Å². The van der Waals surface area contributed by atoms with Crippen LogP contribution in [-0.4, -0.2) is 59.8 Å². The van der Waals surface area contributed by atoms with Crippen molar-refractivity contribution in [3.05, 3.63) is 54.0 Å². The Hall–Kier alpha value is -3.33. The summed E-state index contributed by atoms with van der Waals surface area (Å²) in [5.74, 6) is 3.49. The van der Waals surface area contributed by atoms with E-state index in [0.29, 0.717) is 36.5 Å². The van der Waals surface area contributed by atoms with Crippen LogP contribution in [0.4, 0.5) is 0 Å². The molecule has 0 spiro atoms. The molecule has 9 nitrogen and oxygen atoms in total. The number of nitrogens with one attached hydrogen (secondary N) is 3. The topological polar surface area (TPSA) is 104 Å². The normalized spacial score (nSPS) is 15.7. The van der Waals surface area contributed by atoms with Gasteiger partial charge in [0, 0.05) is 19.2 Å². The standard InChI is InChI=1S/C22H29N7O2/c1-23-22(25-15-20-26-21(28-27-20)19-10-7-13-31-19)24-14-17(29-11-5-6-12-29)16-8-3-4-9-18(16)30-2/h3-4,7-10,13,17H,5-6,11-12,14-15H2,1-2H3,(H2,23,24,25)(H,26,27,28). The number of ether oxygens (including phenoxy) is 1.